The van der Waals surface area contributed by atoms with Crippen molar-refractivity contribution >= 4 is 22.4 Å². The molecule has 0 saturated carbocycles. The van der Waals surface area contributed by atoms with Gasteiger partial charge >= 0.3 is 0 Å². The highest BCUT2D eigenvalue weighted by atomic mass is 32.1. The van der Waals surface area contributed by atoms with Crippen LogP contribution in [0.25, 0.3) is 0 Å². The number of carbonyl (C=O) groups excluding carboxylic acids is 1. The Bertz CT molecular complexity index is 724. The van der Waals surface area contributed by atoms with Crippen LogP contribution in [0.1, 0.15) is 26.5 Å². The average molecular weight is 303 g/mol. The predicted molar refractivity (Wildman–Crippen MR) is 81.9 cm³/mol. The number of hydrogen-bond donors (Lipinski definition) is 2. The van der Waals surface area contributed by atoms with Gasteiger partial charge in [0, 0.05) is 10.4 Å². The SMILES string of the molecule is Cc1nc(NC(=O)c2cc(C#CCN)ccc2F)sc1C. The maximum Gasteiger partial charge on any atom is 0.260 e. The van der Waals surface area contributed by atoms with Crippen molar-refractivity contribution in [1.82, 2.24) is 4.98 Å². The molecule has 0 fully saturated rings. The first kappa shape index (κ1) is 15.2. The van der Waals surface area contributed by atoms with E-state index in [-0.39, 0.29) is 12.1 Å². The number of rotatable bonds is 2. The Kier molecular flexibility index (Phi) is 4.68. The average Bonchev–Trinajstić information content (AvgIpc) is 2.76. The van der Waals surface area contributed by atoms with Gasteiger partial charge in [-0.2, -0.15) is 0 Å². The van der Waals surface area contributed by atoms with Gasteiger partial charge in [0.25, 0.3) is 5.91 Å². The number of nitrogens with one attached hydrogen (secondary N) is 1. The van der Waals surface area contributed by atoms with Gasteiger partial charge in [0.2, 0.25) is 0 Å². The van der Waals surface area contributed by atoms with Crippen molar-refractivity contribution in [1.29, 1.82) is 0 Å². The van der Waals surface area contributed by atoms with Gasteiger partial charge in [-0.3, -0.25) is 10.1 Å². The first-order valence-corrected chi connectivity index (χ1v) is 7.06. The molecule has 21 heavy (non-hydrogen) atoms. The molecule has 0 bridgehead atoms. The van der Waals surface area contributed by atoms with Gasteiger partial charge in [0.15, 0.2) is 5.13 Å². The summed E-state index contributed by atoms with van der Waals surface area (Å²) >= 11 is 1.35. The number of halogens is 1. The topological polar surface area (TPSA) is 68.0 Å². The normalized spacial score (nSPS) is 9.90. The lowest BCUT2D eigenvalue weighted by atomic mass is 10.1. The second kappa shape index (κ2) is 6.48. The van der Waals surface area contributed by atoms with E-state index in [4.69, 9.17) is 5.73 Å². The van der Waals surface area contributed by atoms with Crippen LogP contribution in [-0.4, -0.2) is 17.4 Å². The van der Waals surface area contributed by atoms with Crippen molar-refractivity contribution in [2.75, 3.05) is 11.9 Å². The number of nitrogens with zero attached hydrogens (tertiary/aromatic N) is 1. The molecule has 0 unspecified atom stereocenters. The molecule has 0 spiro atoms. The van der Waals surface area contributed by atoms with Crippen LogP contribution < -0.4 is 11.1 Å². The van der Waals surface area contributed by atoms with Crippen LogP contribution in [0.4, 0.5) is 9.52 Å². The van der Waals surface area contributed by atoms with E-state index >= 15 is 0 Å². The highest BCUT2D eigenvalue weighted by Crippen LogP contribution is 2.22. The van der Waals surface area contributed by atoms with E-state index in [1.807, 2.05) is 13.8 Å². The summed E-state index contributed by atoms with van der Waals surface area (Å²) < 4.78 is 13.8. The Morgan fingerprint density at radius 2 is 2.24 bits per heavy atom. The van der Waals surface area contributed by atoms with Crippen LogP contribution in [0, 0.1) is 31.5 Å². The minimum absolute atomic E-state index is 0.0654. The molecular formula is C15H14FN3OS. The number of aryl methyl sites for hydroxylation is 2. The summed E-state index contributed by atoms with van der Waals surface area (Å²) in [5, 5.41) is 3.05. The molecule has 0 aliphatic rings. The highest BCUT2D eigenvalue weighted by molar-refractivity contribution is 7.15. The minimum Gasteiger partial charge on any atom is -0.320 e. The minimum atomic E-state index is -0.601. The monoisotopic (exact) mass is 303 g/mol. The molecule has 1 aromatic heterocycles. The van der Waals surface area contributed by atoms with Crippen molar-refractivity contribution in [2.45, 2.75) is 13.8 Å². The maximum atomic E-state index is 13.8. The molecule has 1 heterocycles. The Labute approximate surface area is 126 Å². The van der Waals surface area contributed by atoms with E-state index in [1.54, 1.807) is 0 Å². The molecule has 0 aliphatic heterocycles. The molecule has 1 aromatic carbocycles. The van der Waals surface area contributed by atoms with Crippen LogP contribution >= 0.6 is 11.3 Å². The molecule has 6 heteroatoms. The summed E-state index contributed by atoms with van der Waals surface area (Å²) in [7, 11) is 0. The second-order valence-electron chi connectivity index (χ2n) is 4.32. The van der Waals surface area contributed by atoms with Gasteiger partial charge in [0.05, 0.1) is 17.8 Å². The van der Waals surface area contributed by atoms with Gasteiger partial charge in [-0.15, -0.1) is 11.3 Å². The van der Waals surface area contributed by atoms with E-state index in [0.717, 1.165) is 10.6 Å². The second-order valence-corrected chi connectivity index (χ2v) is 5.52. The number of anilines is 1. The van der Waals surface area contributed by atoms with Crippen molar-refractivity contribution in [3.8, 4) is 11.8 Å². The molecule has 3 N–H and O–H groups in total. The molecule has 0 atom stereocenters. The number of amides is 1. The predicted octanol–water partition coefficient (Wildman–Crippen LogP) is 2.46. The van der Waals surface area contributed by atoms with Gasteiger partial charge in [-0.05, 0) is 32.0 Å². The third-order valence-electron chi connectivity index (χ3n) is 2.79. The van der Waals surface area contributed by atoms with Gasteiger partial charge in [-0.1, -0.05) is 11.8 Å². The first-order chi connectivity index (χ1) is 10.0. The molecule has 4 nitrogen and oxygen atoms in total. The molecule has 2 rings (SSSR count). The number of benzene rings is 1. The Morgan fingerprint density at radius 3 is 2.86 bits per heavy atom. The Balaban J connectivity index is 2.25. The van der Waals surface area contributed by atoms with Crippen LogP contribution in [0.3, 0.4) is 0 Å². The van der Waals surface area contributed by atoms with E-state index in [0.29, 0.717) is 10.7 Å². The lowest BCUT2D eigenvalue weighted by Gasteiger charge is -2.04. The number of aromatic nitrogens is 1. The summed E-state index contributed by atoms with van der Waals surface area (Å²) in [6.45, 7) is 3.97. The van der Waals surface area contributed by atoms with Crippen LogP contribution in [-0.2, 0) is 0 Å². The molecule has 0 saturated heterocycles. The zero-order chi connectivity index (χ0) is 15.4. The summed E-state index contributed by atoms with van der Waals surface area (Å²) in [5.41, 5.74) is 6.61. The number of thiazole rings is 1. The summed E-state index contributed by atoms with van der Waals surface area (Å²) in [6, 6.07) is 4.13. The number of nitrogens with two attached hydrogens (primary N) is 1. The largest absolute Gasteiger partial charge is 0.320 e. The van der Waals surface area contributed by atoms with Crippen LogP contribution in [0.2, 0.25) is 0 Å². The van der Waals surface area contributed by atoms with E-state index in [2.05, 4.69) is 22.1 Å². The zero-order valence-corrected chi connectivity index (χ0v) is 12.5. The fourth-order valence-electron chi connectivity index (χ4n) is 1.62. The van der Waals surface area contributed by atoms with E-state index < -0.39 is 11.7 Å². The summed E-state index contributed by atoms with van der Waals surface area (Å²) in [4.78, 5) is 17.3. The quantitative estimate of drug-likeness (QED) is 0.837. The fourth-order valence-corrected chi connectivity index (χ4v) is 2.43. The lowest BCUT2D eigenvalue weighted by molar-refractivity contribution is 0.102. The third kappa shape index (κ3) is 3.66. The maximum absolute atomic E-state index is 13.8. The molecule has 108 valence electrons. The summed E-state index contributed by atoms with van der Waals surface area (Å²) in [5.74, 6) is 4.29. The molecule has 0 aliphatic carbocycles. The van der Waals surface area contributed by atoms with Gasteiger partial charge < -0.3 is 5.73 Å². The number of carbonyl (C=O) groups is 1. The number of hydrogen-bond acceptors (Lipinski definition) is 4. The van der Waals surface area contributed by atoms with Gasteiger partial charge in [0.1, 0.15) is 5.82 Å². The summed E-state index contributed by atoms with van der Waals surface area (Å²) in [6.07, 6.45) is 0. The van der Waals surface area contributed by atoms with Crippen molar-refractivity contribution in [2.24, 2.45) is 5.73 Å². The fraction of sp³-hybridized carbons (Fsp3) is 0.200. The Morgan fingerprint density at radius 1 is 1.48 bits per heavy atom. The standard InChI is InChI=1S/C15H14FN3OS/c1-9-10(2)21-15(18-9)19-14(20)12-8-11(4-3-7-17)5-6-13(12)16/h5-6,8H,7,17H2,1-2H3,(H,18,19,20). The zero-order valence-electron chi connectivity index (χ0n) is 11.7. The van der Waals surface area contributed by atoms with E-state index in [9.17, 15) is 9.18 Å². The Hall–Kier alpha value is -2.23. The van der Waals surface area contributed by atoms with Crippen molar-refractivity contribution < 1.29 is 9.18 Å². The lowest BCUT2D eigenvalue weighted by Crippen LogP contribution is -2.14. The van der Waals surface area contributed by atoms with E-state index in [1.165, 1.54) is 29.5 Å². The van der Waals surface area contributed by atoms with Crippen molar-refractivity contribution in [3.05, 3.63) is 45.7 Å². The van der Waals surface area contributed by atoms with Gasteiger partial charge in [-0.25, -0.2) is 9.37 Å². The van der Waals surface area contributed by atoms with Crippen molar-refractivity contribution in [3.63, 3.8) is 0 Å². The molecule has 0 radical (unpaired) electrons. The smallest absolute Gasteiger partial charge is 0.260 e. The first-order valence-electron chi connectivity index (χ1n) is 6.25. The molecular weight excluding hydrogens is 289 g/mol. The molecule has 2 aromatic rings. The molecule has 1 amide bonds. The highest BCUT2D eigenvalue weighted by Gasteiger charge is 2.14. The van der Waals surface area contributed by atoms with Crippen LogP contribution in [0.5, 0.6) is 0 Å². The van der Waals surface area contributed by atoms with Crippen LogP contribution in [0.15, 0.2) is 18.2 Å². The third-order valence-corrected chi connectivity index (χ3v) is 3.78.